The largest absolute Gasteiger partial charge is 0.324 e. The Bertz CT molecular complexity index is 1030. The van der Waals surface area contributed by atoms with E-state index in [-0.39, 0.29) is 11.8 Å². The normalized spacial score (nSPS) is 17.5. The number of nitrogens with zero attached hydrogens (tertiary/aromatic N) is 4. The lowest BCUT2D eigenvalue weighted by molar-refractivity contribution is 0.389. The van der Waals surface area contributed by atoms with Crippen LogP contribution in [0.4, 0.5) is 11.6 Å². The van der Waals surface area contributed by atoms with Crippen LogP contribution in [0, 0.1) is 0 Å². The summed E-state index contributed by atoms with van der Waals surface area (Å²) in [6.07, 6.45) is 6.48. The van der Waals surface area contributed by atoms with Crippen LogP contribution in [0.5, 0.6) is 0 Å². The van der Waals surface area contributed by atoms with Crippen LogP contribution in [0.3, 0.4) is 0 Å². The van der Waals surface area contributed by atoms with E-state index < -0.39 is 10.0 Å². The molecule has 8 heteroatoms. The molecule has 1 saturated heterocycles. The van der Waals surface area contributed by atoms with Crippen molar-refractivity contribution in [3.63, 3.8) is 0 Å². The summed E-state index contributed by atoms with van der Waals surface area (Å²) in [4.78, 5) is 13.1. The quantitative estimate of drug-likeness (QED) is 0.689. The molecule has 3 heterocycles. The van der Waals surface area contributed by atoms with Gasteiger partial charge in [0.25, 0.3) is 0 Å². The van der Waals surface area contributed by atoms with Crippen LogP contribution in [0.2, 0.25) is 0 Å². The molecule has 144 valence electrons. The Balaban J connectivity index is 1.55. The van der Waals surface area contributed by atoms with Crippen LogP contribution in [0.1, 0.15) is 30.1 Å². The molecular weight excluding hydrogens is 374 g/mol. The number of anilines is 2. The zero-order valence-electron chi connectivity index (χ0n) is 15.3. The second-order valence-corrected chi connectivity index (χ2v) is 8.60. The van der Waals surface area contributed by atoms with Crippen molar-refractivity contribution in [1.82, 2.24) is 19.3 Å². The lowest BCUT2D eigenvalue weighted by Gasteiger charge is -2.24. The van der Waals surface area contributed by atoms with E-state index in [1.54, 1.807) is 22.9 Å². The molecule has 1 aliphatic heterocycles. The van der Waals surface area contributed by atoms with Gasteiger partial charge in [-0.15, -0.1) is 0 Å². The van der Waals surface area contributed by atoms with Gasteiger partial charge in [0.1, 0.15) is 11.6 Å². The monoisotopic (exact) mass is 395 g/mol. The highest BCUT2D eigenvalue weighted by Gasteiger charge is 2.36. The molecule has 1 aromatic carbocycles. The highest BCUT2D eigenvalue weighted by molar-refractivity contribution is 7.88. The third kappa shape index (κ3) is 4.18. The standard InChI is InChI=1S/C20H21N5O2S/c26-28(27,15-16-7-2-1-3-8-16)25-12-6-9-18(25)17-13-21-14-20(23-17)24-19-10-4-5-11-22-19/h1-5,7-8,10-11,13-14,18H,6,9,12,15H2,(H,22,23,24)/t18-/m1/s1. The Morgan fingerprint density at radius 3 is 2.64 bits per heavy atom. The zero-order valence-corrected chi connectivity index (χ0v) is 16.1. The lowest BCUT2D eigenvalue weighted by atomic mass is 10.2. The molecule has 1 atom stereocenters. The van der Waals surface area contributed by atoms with Crippen molar-refractivity contribution in [2.75, 3.05) is 11.9 Å². The van der Waals surface area contributed by atoms with Crippen LogP contribution < -0.4 is 5.32 Å². The number of hydrogen-bond donors (Lipinski definition) is 1. The van der Waals surface area contributed by atoms with Crippen molar-refractivity contribution in [1.29, 1.82) is 0 Å². The smallest absolute Gasteiger partial charge is 0.218 e. The number of benzene rings is 1. The first kappa shape index (κ1) is 18.5. The molecule has 0 radical (unpaired) electrons. The van der Waals surface area contributed by atoms with Gasteiger partial charge in [-0.1, -0.05) is 36.4 Å². The first-order valence-corrected chi connectivity index (χ1v) is 10.8. The molecule has 0 spiro atoms. The van der Waals surface area contributed by atoms with E-state index in [0.29, 0.717) is 23.9 Å². The molecule has 28 heavy (non-hydrogen) atoms. The van der Waals surface area contributed by atoms with Gasteiger partial charge in [0.05, 0.1) is 29.9 Å². The molecule has 0 aliphatic carbocycles. The van der Waals surface area contributed by atoms with E-state index >= 15 is 0 Å². The number of aromatic nitrogens is 3. The average molecular weight is 395 g/mol. The van der Waals surface area contributed by atoms with E-state index in [2.05, 4.69) is 20.3 Å². The van der Waals surface area contributed by atoms with E-state index in [9.17, 15) is 8.42 Å². The van der Waals surface area contributed by atoms with Gasteiger partial charge in [-0.25, -0.2) is 18.4 Å². The van der Waals surface area contributed by atoms with Crippen LogP contribution in [-0.2, 0) is 15.8 Å². The molecule has 4 rings (SSSR count). The fraction of sp³-hybridized carbons (Fsp3) is 0.250. The molecule has 0 amide bonds. The Morgan fingerprint density at radius 2 is 1.86 bits per heavy atom. The van der Waals surface area contributed by atoms with Crippen molar-refractivity contribution in [2.24, 2.45) is 0 Å². The van der Waals surface area contributed by atoms with Crippen molar-refractivity contribution in [3.8, 4) is 0 Å². The Labute approximate surface area is 164 Å². The van der Waals surface area contributed by atoms with Gasteiger partial charge in [-0.3, -0.25) is 4.98 Å². The SMILES string of the molecule is O=S(=O)(Cc1ccccc1)N1CCC[C@@H]1c1cncc(Nc2ccccn2)n1. The molecule has 1 aliphatic rings. The summed E-state index contributed by atoms with van der Waals surface area (Å²) < 4.78 is 27.6. The van der Waals surface area contributed by atoms with Crippen LogP contribution >= 0.6 is 0 Å². The molecule has 1 fully saturated rings. The molecule has 0 unspecified atom stereocenters. The van der Waals surface area contributed by atoms with Gasteiger partial charge >= 0.3 is 0 Å². The van der Waals surface area contributed by atoms with Crippen LogP contribution in [0.15, 0.2) is 67.1 Å². The highest BCUT2D eigenvalue weighted by Crippen LogP contribution is 2.34. The summed E-state index contributed by atoms with van der Waals surface area (Å²) in [7, 11) is -3.45. The second-order valence-electron chi connectivity index (χ2n) is 6.68. The average Bonchev–Trinajstić information content (AvgIpc) is 3.21. The predicted molar refractivity (Wildman–Crippen MR) is 107 cm³/mol. The minimum Gasteiger partial charge on any atom is -0.324 e. The maximum absolute atomic E-state index is 13.0. The predicted octanol–water partition coefficient (Wildman–Crippen LogP) is 3.28. The molecular formula is C20H21N5O2S. The van der Waals surface area contributed by atoms with Crippen molar-refractivity contribution >= 4 is 21.7 Å². The number of sulfonamides is 1. The van der Waals surface area contributed by atoms with Crippen molar-refractivity contribution < 1.29 is 8.42 Å². The number of hydrogen-bond acceptors (Lipinski definition) is 6. The molecule has 0 saturated carbocycles. The zero-order chi connectivity index (χ0) is 19.4. The lowest BCUT2D eigenvalue weighted by Crippen LogP contribution is -2.32. The topological polar surface area (TPSA) is 88.1 Å². The summed E-state index contributed by atoms with van der Waals surface area (Å²) in [6, 6.07) is 14.5. The summed E-state index contributed by atoms with van der Waals surface area (Å²) in [5, 5.41) is 3.11. The minimum absolute atomic E-state index is 0.0103. The summed E-state index contributed by atoms with van der Waals surface area (Å²) >= 11 is 0. The van der Waals surface area contributed by atoms with Gasteiger partial charge in [-0.05, 0) is 30.5 Å². The van der Waals surface area contributed by atoms with Crippen LogP contribution in [-0.4, -0.2) is 34.2 Å². The van der Waals surface area contributed by atoms with E-state index in [1.165, 1.54) is 0 Å². The van der Waals surface area contributed by atoms with Crippen LogP contribution in [0.25, 0.3) is 0 Å². The summed E-state index contributed by atoms with van der Waals surface area (Å²) in [5.41, 5.74) is 1.43. The fourth-order valence-corrected chi connectivity index (χ4v) is 5.19. The summed E-state index contributed by atoms with van der Waals surface area (Å²) in [6.45, 7) is 0.499. The second kappa shape index (κ2) is 8.04. The third-order valence-electron chi connectivity index (χ3n) is 4.67. The Kier molecular flexibility index (Phi) is 5.31. The van der Waals surface area contributed by atoms with E-state index in [1.807, 2.05) is 48.5 Å². The fourth-order valence-electron chi connectivity index (χ4n) is 3.41. The summed E-state index contributed by atoms with van der Waals surface area (Å²) in [5.74, 6) is 1.20. The molecule has 7 nitrogen and oxygen atoms in total. The van der Waals surface area contributed by atoms with Gasteiger partial charge in [0, 0.05) is 12.7 Å². The number of rotatable bonds is 6. The Hall–Kier alpha value is -2.84. The highest BCUT2D eigenvalue weighted by atomic mass is 32.2. The van der Waals surface area contributed by atoms with Crippen molar-refractivity contribution in [2.45, 2.75) is 24.6 Å². The maximum Gasteiger partial charge on any atom is 0.218 e. The minimum atomic E-state index is -3.45. The first-order valence-electron chi connectivity index (χ1n) is 9.15. The van der Waals surface area contributed by atoms with Crippen molar-refractivity contribution in [3.05, 3.63) is 78.4 Å². The van der Waals surface area contributed by atoms with E-state index in [4.69, 9.17) is 0 Å². The number of nitrogens with one attached hydrogen (secondary N) is 1. The van der Waals surface area contributed by atoms with Gasteiger partial charge in [0.15, 0.2) is 0 Å². The van der Waals surface area contributed by atoms with Gasteiger partial charge in [-0.2, -0.15) is 4.31 Å². The molecule has 1 N–H and O–H groups in total. The number of pyridine rings is 1. The third-order valence-corrected chi connectivity index (χ3v) is 6.52. The molecule has 2 aromatic heterocycles. The van der Waals surface area contributed by atoms with Gasteiger partial charge in [0.2, 0.25) is 10.0 Å². The van der Waals surface area contributed by atoms with E-state index in [0.717, 1.165) is 18.4 Å². The molecule has 0 bridgehead atoms. The molecule has 3 aromatic rings. The first-order chi connectivity index (χ1) is 13.6. The van der Waals surface area contributed by atoms with Gasteiger partial charge < -0.3 is 5.32 Å². The Morgan fingerprint density at radius 1 is 1.04 bits per heavy atom. The maximum atomic E-state index is 13.0.